The second-order valence-electron chi connectivity index (χ2n) is 12.3. The molecule has 0 atom stereocenters. The summed E-state index contributed by atoms with van der Waals surface area (Å²) in [5.74, 6) is 0.731. The Hall–Kier alpha value is -4.08. The van der Waals surface area contributed by atoms with Crippen molar-refractivity contribution in [2.45, 2.75) is 52.0 Å². The number of hydrogen-bond acceptors (Lipinski definition) is 4. The first-order valence-electron chi connectivity index (χ1n) is 16.0. The van der Waals surface area contributed by atoms with Crippen LogP contribution in [0.2, 0.25) is 0 Å². The lowest BCUT2D eigenvalue weighted by Crippen LogP contribution is -2.47. The monoisotopic (exact) mass is 573 g/mol. The second kappa shape index (κ2) is 13.5. The average molecular weight is 574 g/mol. The highest BCUT2D eigenvalue weighted by Crippen LogP contribution is 2.33. The van der Waals surface area contributed by atoms with Crippen LogP contribution in [0.1, 0.15) is 60.0 Å². The molecule has 0 unspecified atom stereocenters. The van der Waals surface area contributed by atoms with Crippen LogP contribution in [0.25, 0.3) is 22.0 Å². The van der Waals surface area contributed by atoms with Gasteiger partial charge in [-0.15, -0.1) is 0 Å². The summed E-state index contributed by atoms with van der Waals surface area (Å²) in [4.78, 5) is 18.1. The third kappa shape index (κ3) is 6.78. The van der Waals surface area contributed by atoms with Crippen LogP contribution in [-0.2, 0) is 6.54 Å². The quantitative estimate of drug-likeness (QED) is 0.207. The van der Waals surface area contributed by atoms with Crippen molar-refractivity contribution >= 4 is 22.5 Å². The summed E-state index contributed by atoms with van der Waals surface area (Å²) < 4.78 is 2.39. The Morgan fingerprint density at radius 3 is 2.53 bits per heavy atom. The summed E-state index contributed by atoms with van der Waals surface area (Å²) in [6.45, 7) is 8.76. The van der Waals surface area contributed by atoms with E-state index in [-0.39, 0.29) is 5.91 Å². The molecule has 2 aliphatic rings. The summed E-state index contributed by atoms with van der Waals surface area (Å²) in [6.07, 6.45) is 9.84. The van der Waals surface area contributed by atoms with Gasteiger partial charge in [-0.25, -0.2) is 0 Å². The highest BCUT2D eigenvalue weighted by molar-refractivity contribution is 5.96. The predicted octanol–water partition coefficient (Wildman–Crippen LogP) is 7.01. The number of hydrogen-bond donors (Lipinski definition) is 1. The number of rotatable bonds is 10. The minimum absolute atomic E-state index is 0.0958. The number of para-hydroxylation sites is 2. The normalized spacial score (nSPS) is 16.0. The number of nitriles is 1. The second-order valence-corrected chi connectivity index (χ2v) is 12.3. The molecule has 0 spiro atoms. The third-order valence-corrected chi connectivity index (χ3v) is 9.45. The molecule has 6 heteroatoms. The van der Waals surface area contributed by atoms with Gasteiger partial charge in [-0.3, -0.25) is 9.69 Å². The van der Waals surface area contributed by atoms with Gasteiger partial charge in [0, 0.05) is 79.7 Å². The zero-order valence-electron chi connectivity index (χ0n) is 25.4. The number of aromatic nitrogens is 1. The van der Waals surface area contributed by atoms with Gasteiger partial charge >= 0.3 is 0 Å². The maximum absolute atomic E-state index is 13.1. The molecule has 1 N–H and O–H groups in total. The Kier molecular flexibility index (Phi) is 9.10. The molecule has 1 aliphatic heterocycles. The van der Waals surface area contributed by atoms with Gasteiger partial charge in [-0.2, -0.15) is 5.26 Å². The first-order valence-corrected chi connectivity index (χ1v) is 16.0. The van der Waals surface area contributed by atoms with Crippen molar-refractivity contribution in [2.75, 3.05) is 44.2 Å². The van der Waals surface area contributed by atoms with Crippen LogP contribution in [0.15, 0.2) is 72.9 Å². The van der Waals surface area contributed by atoms with E-state index < -0.39 is 0 Å². The van der Waals surface area contributed by atoms with Crippen molar-refractivity contribution in [3.63, 3.8) is 0 Å². The average Bonchev–Trinajstić information content (AvgIpc) is 3.70. The maximum atomic E-state index is 13.1. The van der Waals surface area contributed by atoms with Gasteiger partial charge in [0.1, 0.15) is 0 Å². The number of anilines is 1. The summed E-state index contributed by atoms with van der Waals surface area (Å²) in [6, 6.07) is 24.9. The molecule has 1 saturated heterocycles. The molecule has 1 aliphatic carbocycles. The first kappa shape index (κ1) is 29.0. The molecule has 43 heavy (non-hydrogen) atoms. The molecular formula is C37H43N5O. The standard InChI is InChI=1S/C37H43N5O/c1-28-27-42(35-14-6-4-12-33(28)35)22-19-40-17-20-41(21-18-40)36-15-7-5-13-34(36)31-23-30(26-38)24-32(25-31)37(43)39-16-8-11-29-9-2-3-10-29/h4-7,12-15,23-25,27,29H,2-3,8-11,16-22H2,1H3,(H,39,43). The van der Waals surface area contributed by atoms with Crippen LogP contribution in [-0.4, -0.2) is 54.6 Å². The zero-order chi connectivity index (χ0) is 29.6. The van der Waals surface area contributed by atoms with Crippen molar-refractivity contribution in [1.29, 1.82) is 5.26 Å². The van der Waals surface area contributed by atoms with E-state index in [2.05, 4.69) is 81.3 Å². The van der Waals surface area contributed by atoms with Gasteiger partial charge in [0.05, 0.1) is 11.6 Å². The molecule has 0 bridgehead atoms. The summed E-state index contributed by atoms with van der Waals surface area (Å²) in [7, 11) is 0. The zero-order valence-corrected chi connectivity index (χ0v) is 25.4. The van der Waals surface area contributed by atoms with Crippen molar-refractivity contribution in [1.82, 2.24) is 14.8 Å². The van der Waals surface area contributed by atoms with Crippen molar-refractivity contribution in [2.24, 2.45) is 5.92 Å². The van der Waals surface area contributed by atoms with Crippen LogP contribution in [0.5, 0.6) is 0 Å². The van der Waals surface area contributed by atoms with Crippen molar-refractivity contribution in [3.05, 3.63) is 89.6 Å². The Labute approximate surface area is 255 Å². The van der Waals surface area contributed by atoms with Gasteiger partial charge < -0.3 is 14.8 Å². The van der Waals surface area contributed by atoms with Gasteiger partial charge in [0.2, 0.25) is 0 Å². The lowest BCUT2D eigenvalue weighted by molar-refractivity contribution is 0.0952. The van der Waals surface area contributed by atoms with E-state index in [1.807, 2.05) is 18.2 Å². The SMILES string of the molecule is Cc1cn(CCN2CCN(c3ccccc3-c3cc(C#N)cc(C(=O)NCCCC4CCCC4)c3)CC2)c2ccccc12. The first-order chi connectivity index (χ1) is 21.1. The van der Waals surface area contributed by atoms with Crippen LogP contribution >= 0.6 is 0 Å². The van der Waals surface area contributed by atoms with Crippen LogP contribution in [0, 0.1) is 24.2 Å². The Morgan fingerprint density at radius 1 is 0.953 bits per heavy atom. The van der Waals surface area contributed by atoms with E-state index in [4.69, 9.17) is 0 Å². The molecule has 1 amide bonds. The fourth-order valence-corrected chi connectivity index (χ4v) is 7.04. The van der Waals surface area contributed by atoms with Crippen molar-refractivity contribution < 1.29 is 4.79 Å². The molecule has 3 aromatic carbocycles. The van der Waals surface area contributed by atoms with Crippen LogP contribution in [0.3, 0.4) is 0 Å². The molecule has 0 radical (unpaired) electrons. The predicted molar refractivity (Wildman–Crippen MR) is 175 cm³/mol. The van der Waals surface area contributed by atoms with E-state index in [1.54, 1.807) is 6.07 Å². The summed E-state index contributed by atoms with van der Waals surface area (Å²) >= 11 is 0. The lowest BCUT2D eigenvalue weighted by Gasteiger charge is -2.37. The van der Waals surface area contributed by atoms with E-state index >= 15 is 0 Å². The molecule has 4 aromatic rings. The largest absolute Gasteiger partial charge is 0.368 e. The highest BCUT2D eigenvalue weighted by Gasteiger charge is 2.21. The van der Waals surface area contributed by atoms with E-state index in [0.717, 1.165) is 68.4 Å². The summed E-state index contributed by atoms with van der Waals surface area (Å²) in [5, 5.41) is 14.2. The number of nitrogens with zero attached hydrogens (tertiary/aromatic N) is 4. The topological polar surface area (TPSA) is 64.3 Å². The number of fused-ring (bicyclic) bond motifs is 1. The number of nitrogens with one attached hydrogen (secondary N) is 1. The van der Waals surface area contributed by atoms with Crippen LogP contribution in [0.4, 0.5) is 5.69 Å². The molecule has 1 saturated carbocycles. The van der Waals surface area contributed by atoms with Gasteiger partial charge in [-0.1, -0.05) is 62.1 Å². The van der Waals surface area contributed by atoms with Crippen LogP contribution < -0.4 is 10.2 Å². The number of amides is 1. The van der Waals surface area contributed by atoms with E-state index in [9.17, 15) is 10.1 Å². The number of aryl methyl sites for hydroxylation is 1. The molecule has 2 heterocycles. The number of piperazine rings is 1. The molecule has 1 aromatic heterocycles. The van der Waals surface area contributed by atoms with Gasteiger partial charge in [0.25, 0.3) is 5.91 Å². The maximum Gasteiger partial charge on any atom is 0.251 e. The number of benzene rings is 3. The van der Waals surface area contributed by atoms with Gasteiger partial charge in [0.15, 0.2) is 0 Å². The third-order valence-electron chi connectivity index (χ3n) is 9.45. The minimum Gasteiger partial charge on any atom is -0.368 e. The Morgan fingerprint density at radius 2 is 1.72 bits per heavy atom. The highest BCUT2D eigenvalue weighted by atomic mass is 16.1. The number of carbonyl (C=O) groups excluding carboxylic acids is 1. The van der Waals surface area contributed by atoms with Crippen molar-refractivity contribution in [3.8, 4) is 17.2 Å². The summed E-state index contributed by atoms with van der Waals surface area (Å²) in [5.41, 5.74) is 6.86. The Bertz CT molecular complexity index is 1600. The smallest absolute Gasteiger partial charge is 0.251 e. The van der Waals surface area contributed by atoms with E-state index in [1.165, 1.54) is 48.6 Å². The molecule has 222 valence electrons. The molecular weight excluding hydrogens is 530 g/mol. The molecule has 6 nitrogen and oxygen atoms in total. The fourth-order valence-electron chi connectivity index (χ4n) is 7.04. The van der Waals surface area contributed by atoms with E-state index in [0.29, 0.717) is 17.7 Å². The molecule has 6 rings (SSSR count). The minimum atomic E-state index is -0.0958. The molecule has 2 fully saturated rings. The Balaban J connectivity index is 1.10. The number of carbonyl (C=O) groups is 1. The fraction of sp³-hybridized carbons (Fsp3) is 0.405. The van der Waals surface area contributed by atoms with Gasteiger partial charge in [-0.05, 0) is 67.1 Å². The lowest BCUT2D eigenvalue weighted by atomic mass is 9.97.